The van der Waals surface area contributed by atoms with Crippen LogP contribution in [0.5, 0.6) is 0 Å². The minimum atomic E-state index is -0.0775. The van der Waals surface area contributed by atoms with Gasteiger partial charge in [0.15, 0.2) is 0 Å². The molecule has 0 bridgehead atoms. The number of aryl methyl sites for hydroxylation is 2. The Morgan fingerprint density at radius 1 is 0.973 bits per heavy atom. The molecule has 0 amide bonds. The van der Waals surface area contributed by atoms with Crippen LogP contribution in [0.3, 0.4) is 0 Å². The maximum absolute atomic E-state index is 10.6. The van der Waals surface area contributed by atoms with Crippen LogP contribution in [0.2, 0.25) is 0 Å². The molecular formula is C34H46N2O. The van der Waals surface area contributed by atoms with Gasteiger partial charge in [-0.05, 0) is 129 Å². The highest BCUT2D eigenvalue weighted by molar-refractivity contribution is 5.38. The molecule has 0 heterocycles. The molecule has 2 aromatic carbocycles. The first-order valence-corrected chi connectivity index (χ1v) is 14.5. The third-order valence-corrected chi connectivity index (χ3v) is 9.63. The first-order chi connectivity index (χ1) is 17.9. The SMILES string of the molecule is CN(C)Cc1ccc(CN/C=C\C=C/CCc2ccc3c(c2)CCC2[C@@H]3CC[C@]3(C)[C@@H](O)CC[C@@H]23)cc1. The molecule has 2 fully saturated rings. The number of aliphatic hydroxyl groups excluding tert-OH is 1. The first kappa shape index (κ1) is 26.3. The van der Waals surface area contributed by atoms with E-state index in [4.69, 9.17) is 0 Å². The summed E-state index contributed by atoms with van der Waals surface area (Å²) in [5.41, 5.74) is 7.52. The number of rotatable bonds is 9. The summed E-state index contributed by atoms with van der Waals surface area (Å²) < 4.78 is 0. The van der Waals surface area contributed by atoms with Crippen molar-refractivity contribution in [2.75, 3.05) is 14.1 Å². The van der Waals surface area contributed by atoms with Gasteiger partial charge < -0.3 is 15.3 Å². The molecule has 0 aromatic heterocycles. The van der Waals surface area contributed by atoms with Crippen molar-refractivity contribution in [3.8, 4) is 0 Å². The largest absolute Gasteiger partial charge is 0.393 e. The molecule has 0 spiro atoms. The lowest BCUT2D eigenvalue weighted by Crippen LogP contribution is -2.43. The molecule has 5 rings (SSSR count). The van der Waals surface area contributed by atoms with E-state index >= 15 is 0 Å². The Morgan fingerprint density at radius 2 is 1.76 bits per heavy atom. The van der Waals surface area contributed by atoms with E-state index < -0.39 is 0 Å². The fraction of sp³-hybridized carbons (Fsp3) is 0.529. The average Bonchev–Trinajstić information content (AvgIpc) is 3.20. The number of nitrogens with one attached hydrogen (secondary N) is 1. The molecule has 5 atom stereocenters. The molecule has 0 saturated heterocycles. The summed E-state index contributed by atoms with van der Waals surface area (Å²) in [6, 6.07) is 16.2. The van der Waals surface area contributed by atoms with E-state index in [1.807, 2.05) is 6.20 Å². The van der Waals surface area contributed by atoms with E-state index in [0.717, 1.165) is 50.1 Å². The maximum Gasteiger partial charge on any atom is 0.0596 e. The molecule has 2 aromatic rings. The van der Waals surface area contributed by atoms with Crippen molar-refractivity contribution in [1.29, 1.82) is 0 Å². The molecule has 3 nitrogen and oxygen atoms in total. The molecule has 2 saturated carbocycles. The number of hydrogen-bond acceptors (Lipinski definition) is 3. The lowest BCUT2D eigenvalue weighted by molar-refractivity contribution is -0.0226. The first-order valence-electron chi connectivity index (χ1n) is 14.5. The highest BCUT2D eigenvalue weighted by Gasteiger charge is 2.54. The van der Waals surface area contributed by atoms with Gasteiger partial charge in [-0.25, -0.2) is 0 Å². The van der Waals surface area contributed by atoms with Crippen LogP contribution in [0.15, 0.2) is 66.9 Å². The number of allylic oxidation sites excluding steroid dienone is 3. The van der Waals surface area contributed by atoms with E-state index in [9.17, 15) is 5.11 Å². The van der Waals surface area contributed by atoms with E-state index in [-0.39, 0.29) is 11.5 Å². The molecular weight excluding hydrogens is 452 g/mol. The van der Waals surface area contributed by atoms with Crippen molar-refractivity contribution in [2.45, 2.75) is 83.4 Å². The second-order valence-electron chi connectivity index (χ2n) is 12.3. The van der Waals surface area contributed by atoms with Gasteiger partial charge in [0, 0.05) is 13.1 Å². The third-order valence-electron chi connectivity index (χ3n) is 9.63. The van der Waals surface area contributed by atoms with Crippen molar-refractivity contribution >= 4 is 0 Å². The van der Waals surface area contributed by atoms with Gasteiger partial charge in [0.2, 0.25) is 0 Å². The topological polar surface area (TPSA) is 35.5 Å². The second-order valence-corrected chi connectivity index (χ2v) is 12.3. The highest BCUT2D eigenvalue weighted by atomic mass is 16.3. The summed E-state index contributed by atoms with van der Waals surface area (Å²) >= 11 is 0. The molecule has 3 aliphatic rings. The van der Waals surface area contributed by atoms with Crippen LogP contribution in [0, 0.1) is 17.3 Å². The molecule has 198 valence electrons. The Balaban J connectivity index is 1.07. The van der Waals surface area contributed by atoms with Gasteiger partial charge in [-0.3, -0.25) is 0 Å². The van der Waals surface area contributed by atoms with E-state index in [1.165, 1.54) is 48.8 Å². The fourth-order valence-corrected chi connectivity index (χ4v) is 7.62. The standard InChI is InChI=1S/C34H46N2O/c1-34-20-19-30-29-15-13-25(22-28(29)14-16-31(30)32(34)17-18-33(34)37)8-6-4-5-7-21-35-23-26-9-11-27(12-10-26)24-36(2)3/h4-5,7,9-13,15,21-22,30-33,35,37H,6,8,14,16-20,23-24H2,1-3H3/b5-4-,21-7-/t30-,31?,32+,33+,34+/m1/s1. The van der Waals surface area contributed by atoms with Crippen LogP contribution in [0.1, 0.15) is 79.2 Å². The maximum atomic E-state index is 10.6. The van der Waals surface area contributed by atoms with Crippen LogP contribution in [0.4, 0.5) is 0 Å². The predicted molar refractivity (Wildman–Crippen MR) is 154 cm³/mol. The zero-order valence-electron chi connectivity index (χ0n) is 23.1. The molecule has 0 aliphatic heterocycles. The van der Waals surface area contributed by atoms with Crippen molar-refractivity contribution < 1.29 is 5.11 Å². The minimum absolute atomic E-state index is 0.0775. The number of aliphatic hydroxyl groups is 1. The van der Waals surface area contributed by atoms with Crippen LogP contribution < -0.4 is 5.32 Å². The van der Waals surface area contributed by atoms with Crippen LogP contribution in [0.25, 0.3) is 0 Å². The Hall–Kier alpha value is -2.36. The van der Waals surface area contributed by atoms with Gasteiger partial charge >= 0.3 is 0 Å². The van der Waals surface area contributed by atoms with Crippen LogP contribution >= 0.6 is 0 Å². The summed E-state index contributed by atoms with van der Waals surface area (Å²) in [6.07, 6.45) is 17.9. The lowest BCUT2D eigenvalue weighted by atomic mass is 9.55. The quantitative estimate of drug-likeness (QED) is 0.375. The van der Waals surface area contributed by atoms with Gasteiger partial charge in [-0.2, -0.15) is 0 Å². The molecule has 1 unspecified atom stereocenters. The van der Waals surface area contributed by atoms with E-state index in [1.54, 1.807) is 11.1 Å². The molecule has 3 heteroatoms. The van der Waals surface area contributed by atoms with Crippen LogP contribution in [-0.2, 0) is 25.9 Å². The summed E-state index contributed by atoms with van der Waals surface area (Å²) in [5.74, 6) is 2.21. The number of fused-ring (bicyclic) bond motifs is 5. The summed E-state index contributed by atoms with van der Waals surface area (Å²) in [5, 5.41) is 14.0. The Kier molecular flexibility index (Phi) is 8.21. The Morgan fingerprint density at radius 3 is 2.57 bits per heavy atom. The zero-order valence-corrected chi connectivity index (χ0v) is 23.1. The minimum Gasteiger partial charge on any atom is -0.393 e. The zero-order chi connectivity index (χ0) is 25.8. The normalized spacial score (nSPS) is 29.0. The predicted octanol–water partition coefficient (Wildman–Crippen LogP) is 6.76. The van der Waals surface area contributed by atoms with Crippen molar-refractivity contribution in [1.82, 2.24) is 10.2 Å². The van der Waals surface area contributed by atoms with E-state index in [2.05, 4.69) is 91.9 Å². The van der Waals surface area contributed by atoms with Crippen LogP contribution in [-0.4, -0.2) is 30.2 Å². The van der Waals surface area contributed by atoms with Gasteiger partial charge in [-0.15, -0.1) is 0 Å². The summed E-state index contributed by atoms with van der Waals surface area (Å²) in [7, 11) is 4.20. The lowest BCUT2D eigenvalue weighted by Gasteiger charge is -2.50. The average molecular weight is 499 g/mol. The molecule has 0 radical (unpaired) electrons. The van der Waals surface area contributed by atoms with Crippen molar-refractivity contribution in [2.24, 2.45) is 17.3 Å². The van der Waals surface area contributed by atoms with E-state index in [0.29, 0.717) is 0 Å². The molecule has 37 heavy (non-hydrogen) atoms. The van der Waals surface area contributed by atoms with Gasteiger partial charge in [0.25, 0.3) is 0 Å². The van der Waals surface area contributed by atoms with Gasteiger partial charge in [0.1, 0.15) is 0 Å². The van der Waals surface area contributed by atoms with Crippen molar-refractivity contribution in [3.05, 3.63) is 94.7 Å². The summed E-state index contributed by atoms with van der Waals surface area (Å²) in [4.78, 5) is 2.19. The fourth-order valence-electron chi connectivity index (χ4n) is 7.62. The highest BCUT2D eigenvalue weighted by Crippen LogP contribution is 2.60. The van der Waals surface area contributed by atoms with Gasteiger partial charge in [0.05, 0.1) is 6.10 Å². The monoisotopic (exact) mass is 498 g/mol. The van der Waals surface area contributed by atoms with Gasteiger partial charge in [-0.1, -0.05) is 61.5 Å². The van der Waals surface area contributed by atoms with Crippen molar-refractivity contribution in [3.63, 3.8) is 0 Å². The molecule has 2 N–H and O–H groups in total. The third kappa shape index (κ3) is 5.89. The Labute approximate surface area is 224 Å². The number of hydrogen-bond donors (Lipinski definition) is 2. The second kappa shape index (κ2) is 11.6. The molecule has 3 aliphatic carbocycles. The smallest absolute Gasteiger partial charge is 0.0596 e. The summed E-state index contributed by atoms with van der Waals surface area (Å²) in [6.45, 7) is 4.20. The number of benzene rings is 2. The Bertz CT molecular complexity index is 1100. The number of nitrogens with zero attached hydrogens (tertiary/aromatic N) is 1.